The van der Waals surface area contributed by atoms with Crippen molar-refractivity contribution >= 4 is 47.3 Å². The molecule has 3 N–H and O–H groups in total. The Labute approximate surface area is 235 Å². The number of aromatic nitrogens is 3. The molecular formula is C27H31N7O7. The van der Waals surface area contributed by atoms with Crippen molar-refractivity contribution in [3.8, 4) is 0 Å². The number of hydrogen-bond acceptors (Lipinski definition) is 10. The minimum atomic E-state index is -1.02. The Hall–Kier alpha value is -5.01. The number of nitrogens with zero attached hydrogens (tertiary/aromatic N) is 4. The van der Waals surface area contributed by atoms with Gasteiger partial charge in [0.15, 0.2) is 5.82 Å². The lowest BCUT2D eigenvalue weighted by Gasteiger charge is -2.18. The van der Waals surface area contributed by atoms with Crippen molar-refractivity contribution in [1.29, 1.82) is 0 Å². The second-order valence-corrected chi connectivity index (χ2v) is 9.52. The smallest absolute Gasteiger partial charge is 0.419 e. The van der Waals surface area contributed by atoms with E-state index in [9.17, 15) is 24.0 Å². The van der Waals surface area contributed by atoms with Gasteiger partial charge < -0.3 is 25.4 Å². The lowest BCUT2D eigenvalue weighted by atomic mass is 10.1. The lowest BCUT2D eigenvalue weighted by molar-refractivity contribution is -0.154. The van der Waals surface area contributed by atoms with Crippen LogP contribution in [0.3, 0.4) is 0 Å². The van der Waals surface area contributed by atoms with Crippen LogP contribution in [0.5, 0.6) is 0 Å². The second-order valence-electron chi connectivity index (χ2n) is 9.52. The molecule has 14 nitrogen and oxygen atoms in total. The molecule has 216 valence electrons. The monoisotopic (exact) mass is 565 g/mol. The summed E-state index contributed by atoms with van der Waals surface area (Å²) < 4.78 is 11.2. The predicted octanol–water partition coefficient (Wildman–Crippen LogP) is 2.22. The van der Waals surface area contributed by atoms with E-state index in [-0.39, 0.29) is 24.1 Å². The van der Waals surface area contributed by atoms with Gasteiger partial charge in [-0.05, 0) is 63.8 Å². The normalized spacial score (nSPS) is 13.2. The molecule has 0 radical (unpaired) electrons. The number of rotatable bonds is 11. The molecule has 1 fully saturated rings. The first-order valence-corrected chi connectivity index (χ1v) is 13.0. The molecule has 1 aromatic carbocycles. The number of carbonyl (C=O) groups is 5. The SMILES string of the molecule is CCN(C(=O)OCOC(=O)C(C)NC=O)C(=O)c1cn2ncnc(Nc3cc(C(=O)NC4CC4)ccc3C)c2c1C. The van der Waals surface area contributed by atoms with E-state index in [1.54, 1.807) is 26.0 Å². The zero-order chi connectivity index (χ0) is 29.7. The van der Waals surface area contributed by atoms with Crippen LogP contribution in [0.15, 0.2) is 30.7 Å². The van der Waals surface area contributed by atoms with E-state index in [0.29, 0.717) is 34.6 Å². The van der Waals surface area contributed by atoms with Crippen LogP contribution in [0.4, 0.5) is 16.3 Å². The predicted molar refractivity (Wildman–Crippen MR) is 145 cm³/mol. The largest absolute Gasteiger partial charge is 0.426 e. The van der Waals surface area contributed by atoms with Gasteiger partial charge in [0.2, 0.25) is 13.2 Å². The maximum absolute atomic E-state index is 13.4. The lowest BCUT2D eigenvalue weighted by Crippen LogP contribution is -2.39. The summed E-state index contributed by atoms with van der Waals surface area (Å²) in [7, 11) is 0. The highest BCUT2D eigenvalue weighted by atomic mass is 16.7. The molecule has 1 unspecified atom stereocenters. The molecule has 1 aliphatic rings. The Morgan fingerprint density at radius 3 is 2.63 bits per heavy atom. The average molecular weight is 566 g/mol. The Morgan fingerprint density at radius 1 is 1.20 bits per heavy atom. The van der Waals surface area contributed by atoms with E-state index in [1.807, 2.05) is 13.0 Å². The molecule has 4 rings (SSSR count). The van der Waals surface area contributed by atoms with Gasteiger partial charge in [0.05, 0.1) is 5.56 Å². The van der Waals surface area contributed by atoms with Crippen molar-refractivity contribution in [2.45, 2.75) is 52.6 Å². The third-order valence-electron chi connectivity index (χ3n) is 6.56. The van der Waals surface area contributed by atoms with E-state index >= 15 is 0 Å². The van der Waals surface area contributed by atoms with E-state index in [1.165, 1.54) is 24.0 Å². The summed E-state index contributed by atoms with van der Waals surface area (Å²) in [4.78, 5) is 66.0. The van der Waals surface area contributed by atoms with Crippen LogP contribution in [0.1, 0.15) is 58.5 Å². The van der Waals surface area contributed by atoms with Gasteiger partial charge in [0.1, 0.15) is 17.9 Å². The van der Waals surface area contributed by atoms with E-state index in [2.05, 4.69) is 26.0 Å². The highest BCUT2D eigenvalue weighted by Crippen LogP contribution is 2.28. The maximum Gasteiger partial charge on any atom is 0.419 e. The molecule has 2 heterocycles. The zero-order valence-electron chi connectivity index (χ0n) is 23.1. The van der Waals surface area contributed by atoms with Crippen LogP contribution in [0.25, 0.3) is 5.52 Å². The number of anilines is 2. The number of fused-ring (bicyclic) bond motifs is 1. The molecule has 1 saturated carbocycles. The number of amides is 4. The van der Waals surface area contributed by atoms with Crippen LogP contribution in [-0.2, 0) is 19.1 Å². The molecule has 0 bridgehead atoms. The molecule has 41 heavy (non-hydrogen) atoms. The quantitative estimate of drug-likeness (QED) is 0.178. The number of benzene rings is 1. The van der Waals surface area contributed by atoms with Gasteiger partial charge in [-0.15, -0.1) is 0 Å². The molecule has 0 saturated heterocycles. The van der Waals surface area contributed by atoms with Gasteiger partial charge in [0, 0.05) is 30.0 Å². The summed E-state index contributed by atoms with van der Waals surface area (Å²) in [5.74, 6) is -1.21. The Morgan fingerprint density at radius 2 is 1.95 bits per heavy atom. The summed E-state index contributed by atoms with van der Waals surface area (Å²) in [6, 6.07) is 4.64. The topological polar surface area (TPSA) is 173 Å². The summed E-state index contributed by atoms with van der Waals surface area (Å²) in [6.07, 6.45) is 4.10. The molecule has 1 aliphatic carbocycles. The minimum absolute atomic E-state index is 0.0218. The number of esters is 1. The summed E-state index contributed by atoms with van der Waals surface area (Å²) in [5, 5.41) is 12.7. The van der Waals surface area contributed by atoms with Crippen LogP contribution in [0, 0.1) is 13.8 Å². The zero-order valence-corrected chi connectivity index (χ0v) is 23.1. The van der Waals surface area contributed by atoms with Gasteiger partial charge in [-0.2, -0.15) is 5.10 Å². The highest BCUT2D eigenvalue weighted by molar-refractivity contribution is 6.05. The Bertz CT molecular complexity index is 1500. The fourth-order valence-electron chi connectivity index (χ4n) is 4.00. The maximum atomic E-state index is 13.4. The van der Waals surface area contributed by atoms with Gasteiger partial charge in [-0.3, -0.25) is 14.4 Å². The number of imide groups is 1. The van der Waals surface area contributed by atoms with Crippen molar-refractivity contribution in [3.05, 3.63) is 53.0 Å². The number of ether oxygens (including phenoxy) is 2. The third-order valence-corrected chi connectivity index (χ3v) is 6.56. The molecule has 4 amide bonds. The first kappa shape index (κ1) is 29.0. The fourth-order valence-corrected chi connectivity index (χ4v) is 4.00. The number of nitrogens with one attached hydrogen (secondary N) is 3. The van der Waals surface area contributed by atoms with E-state index < -0.39 is 30.8 Å². The van der Waals surface area contributed by atoms with Crippen molar-refractivity contribution in [2.24, 2.45) is 0 Å². The van der Waals surface area contributed by atoms with E-state index in [0.717, 1.165) is 23.3 Å². The fraction of sp³-hybridized carbons (Fsp3) is 0.370. The first-order chi connectivity index (χ1) is 19.6. The molecule has 2 aromatic heterocycles. The van der Waals surface area contributed by atoms with Crippen LogP contribution < -0.4 is 16.0 Å². The average Bonchev–Trinajstić information content (AvgIpc) is 3.70. The summed E-state index contributed by atoms with van der Waals surface area (Å²) >= 11 is 0. The van der Waals surface area contributed by atoms with Crippen LogP contribution >= 0.6 is 0 Å². The van der Waals surface area contributed by atoms with Crippen LogP contribution in [0.2, 0.25) is 0 Å². The number of carbonyl (C=O) groups excluding carboxylic acids is 5. The van der Waals surface area contributed by atoms with Gasteiger partial charge in [-0.1, -0.05) is 6.07 Å². The van der Waals surface area contributed by atoms with Gasteiger partial charge in [0.25, 0.3) is 11.8 Å². The molecule has 3 aromatic rings. The molecule has 0 aliphatic heterocycles. The van der Waals surface area contributed by atoms with Gasteiger partial charge in [-0.25, -0.2) is 24.0 Å². The Kier molecular flexibility index (Phi) is 8.80. The molecule has 0 spiro atoms. The van der Waals surface area contributed by atoms with Crippen molar-refractivity contribution in [3.63, 3.8) is 0 Å². The molecule has 14 heteroatoms. The van der Waals surface area contributed by atoms with E-state index in [4.69, 9.17) is 9.47 Å². The van der Waals surface area contributed by atoms with Crippen molar-refractivity contribution in [2.75, 3.05) is 18.7 Å². The minimum Gasteiger partial charge on any atom is -0.426 e. The Balaban J connectivity index is 1.52. The highest BCUT2D eigenvalue weighted by Gasteiger charge is 2.28. The van der Waals surface area contributed by atoms with Crippen molar-refractivity contribution in [1.82, 2.24) is 30.1 Å². The second kappa shape index (κ2) is 12.4. The summed E-state index contributed by atoms with van der Waals surface area (Å²) in [5.41, 5.74) is 3.23. The molecular weight excluding hydrogens is 534 g/mol. The summed E-state index contributed by atoms with van der Waals surface area (Å²) in [6.45, 7) is 5.83. The third kappa shape index (κ3) is 6.59. The molecule has 1 atom stereocenters. The number of aryl methyl sites for hydroxylation is 2. The first-order valence-electron chi connectivity index (χ1n) is 13.0. The number of hydrogen-bond donors (Lipinski definition) is 3. The standard InChI is InChI=1S/C27H31N7O7/c1-5-33(27(39)41-14-40-26(38)17(4)29-13-35)25(37)20-11-34-22(16(20)3)23(28-12-30-34)32-21-10-18(7-6-15(21)2)24(36)31-19-8-9-19/h6-7,10-13,17,19H,5,8-9,14H2,1-4H3,(H,29,35)(H,31,36)(H,28,30,32). The van der Waals surface area contributed by atoms with Gasteiger partial charge >= 0.3 is 12.1 Å². The van der Waals surface area contributed by atoms with Crippen LogP contribution in [-0.4, -0.2) is 75.2 Å². The van der Waals surface area contributed by atoms with Crippen molar-refractivity contribution < 1.29 is 33.4 Å².